The second-order valence-corrected chi connectivity index (χ2v) is 4.65. The molecule has 0 aliphatic heterocycles. The normalized spacial score (nSPS) is 11.9. The molecule has 0 bridgehead atoms. The number of hydrogen-bond acceptors (Lipinski definition) is 3. The van der Waals surface area contributed by atoms with Gasteiger partial charge in [0.1, 0.15) is 0 Å². The summed E-state index contributed by atoms with van der Waals surface area (Å²) < 4.78 is 27.2. The molecule has 1 rings (SSSR count). The number of nitrogens with one attached hydrogen (secondary N) is 1. The molecule has 1 aromatic rings. The van der Waals surface area contributed by atoms with Gasteiger partial charge in [-0.05, 0) is 13.3 Å². The maximum atomic E-state index is 11.5. The second kappa shape index (κ2) is 4.56. The summed E-state index contributed by atoms with van der Waals surface area (Å²) in [5.41, 5.74) is 0. The monoisotopic (exact) mass is 217 g/mol. The van der Waals surface area contributed by atoms with Gasteiger partial charge in [-0.15, -0.1) is 0 Å². The Labute approximate surface area is 84.2 Å². The lowest BCUT2D eigenvalue weighted by Gasteiger charge is -2.00. The van der Waals surface area contributed by atoms with Crippen molar-refractivity contribution in [1.82, 2.24) is 14.3 Å². The lowest BCUT2D eigenvalue weighted by atomic mass is 10.5. The maximum absolute atomic E-state index is 11.5. The summed E-state index contributed by atoms with van der Waals surface area (Å²) >= 11 is 0. The third-order valence-electron chi connectivity index (χ3n) is 1.79. The Morgan fingerprint density at radius 2 is 2.21 bits per heavy atom. The van der Waals surface area contributed by atoms with E-state index >= 15 is 0 Å². The fraction of sp³-hybridized carbons (Fsp3) is 0.625. The van der Waals surface area contributed by atoms with Crippen molar-refractivity contribution in [2.75, 3.05) is 6.54 Å². The molecule has 5 nitrogen and oxygen atoms in total. The van der Waals surface area contributed by atoms with Gasteiger partial charge in [-0.3, -0.25) is 0 Å². The Balaban J connectivity index is 2.81. The minimum absolute atomic E-state index is 0.0906. The third kappa shape index (κ3) is 2.55. The highest BCUT2D eigenvalue weighted by atomic mass is 32.2. The predicted octanol–water partition coefficient (Wildman–Crippen LogP) is 0.591. The van der Waals surface area contributed by atoms with Crippen LogP contribution in [0.1, 0.15) is 20.3 Å². The van der Waals surface area contributed by atoms with Crippen LogP contribution in [0.4, 0.5) is 0 Å². The Morgan fingerprint density at radius 1 is 1.50 bits per heavy atom. The fourth-order valence-corrected chi connectivity index (χ4v) is 2.04. The average Bonchev–Trinajstić information content (AvgIpc) is 2.63. The molecule has 0 saturated carbocycles. The number of hydrogen-bond donors (Lipinski definition) is 1. The summed E-state index contributed by atoms with van der Waals surface area (Å²) in [5.74, 6) is 0. The maximum Gasteiger partial charge on any atom is 0.259 e. The summed E-state index contributed by atoms with van der Waals surface area (Å²) in [6, 6.07) is 0. The summed E-state index contributed by atoms with van der Waals surface area (Å²) in [6.07, 6.45) is 3.81. The highest BCUT2D eigenvalue weighted by molar-refractivity contribution is 7.89. The molecule has 80 valence electrons. The van der Waals surface area contributed by atoms with E-state index in [2.05, 4.69) is 9.71 Å². The smallest absolute Gasteiger partial charge is 0.259 e. The molecule has 0 spiro atoms. The Hall–Kier alpha value is -0.880. The van der Waals surface area contributed by atoms with Crippen LogP contribution in [0.2, 0.25) is 0 Å². The van der Waals surface area contributed by atoms with Crippen molar-refractivity contribution in [2.45, 2.75) is 31.8 Å². The molecule has 0 aliphatic rings. The van der Waals surface area contributed by atoms with E-state index in [1.165, 1.54) is 12.5 Å². The van der Waals surface area contributed by atoms with Crippen molar-refractivity contribution in [3.8, 4) is 0 Å². The van der Waals surface area contributed by atoms with Crippen molar-refractivity contribution >= 4 is 10.0 Å². The summed E-state index contributed by atoms with van der Waals surface area (Å²) in [6.45, 7) is 5.00. The molecule has 0 unspecified atom stereocenters. The molecular weight excluding hydrogens is 202 g/mol. The zero-order valence-corrected chi connectivity index (χ0v) is 9.21. The van der Waals surface area contributed by atoms with Crippen LogP contribution in [0, 0.1) is 0 Å². The van der Waals surface area contributed by atoms with Crippen molar-refractivity contribution in [1.29, 1.82) is 0 Å². The van der Waals surface area contributed by atoms with Crippen LogP contribution in [0.3, 0.4) is 0 Å². The molecule has 0 aliphatic carbocycles. The molecule has 0 radical (unpaired) electrons. The molecule has 1 aromatic heterocycles. The lowest BCUT2D eigenvalue weighted by Crippen LogP contribution is -2.24. The van der Waals surface area contributed by atoms with Gasteiger partial charge < -0.3 is 4.57 Å². The van der Waals surface area contributed by atoms with Crippen LogP contribution >= 0.6 is 0 Å². The summed E-state index contributed by atoms with van der Waals surface area (Å²) in [5, 5.41) is 0.0906. The van der Waals surface area contributed by atoms with Gasteiger partial charge in [0.05, 0.1) is 6.33 Å². The van der Waals surface area contributed by atoms with E-state index in [1.54, 1.807) is 4.57 Å². The van der Waals surface area contributed by atoms with Gasteiger partial charge in [-0.25, -0.2) is 18.1 Å². The zero-order chi connectivity index (χ0) is 10.6. The zero-order valence-electron chi connectivity index (χ0n) is 8.40. The molecule has 6 heteroatoms. The SMILES string of the molecule is CCCNS(=O)(=O)c1cn(CC)cn1. The topological polar surface area (TPSA) is 64.0 Å². The van der Waals surface area contributed by atoms with Crippen molar-refractivity contribution in [2.24, 2.45) is 0 Å². The van der Waals surface area contributed by atoms with Crippen molar-refractivity contribution in [3.63, 3.8) is 0 Å². The van der Waals surface area contributed by atoms with Crippen LogP contribution in [-0.2, 0) is 16.6 Å². The first-order chi connectivity index (χ1) is 6.60. The van der Waals surface area contributed by atoms with Crippen LogP contribution < -0.4 is 4.72 Å². The van der Waals surface area contributed by atoms with Gasteiger partial charge >= 0.3 is 0 Å². The van der Waals surface area contributed by atoms with E-state index in [0.29, 0.717) is 6.54 Å². The number of imidazole rings is 1. The Kier molecular flexibility index (Phi) is 3.65. The van der Waals surface area contributed by atoms with E-state index in [-0.39, 0.29) is 5.03 Å². The van der Waals surface area contributed by atoms with Gasteiger partial charge in [0, 0.05) is 19.3 Å². The molecule has 0 fully saturated rings. The molecule has 1 N–H and O–H groups in total. The van der Waals surface area contributed by atoms with Crippen LogP contribution in [0.15, 0.2) is 17.6 Å². The number of sulfonamides is 1. The van der Waals surface area contributed by atoms with Gasteiger partial charge in [-0.1, -0.05) is 6.92 Å². The first-order valence-electron chi connectivity index (χ1n) is 4.61. The van der Waals surface area contributed by atoms with E-state index in [1.807, 2.05) is 13.8 Å². The van der Waals surface area contributed by atoms with E-state index < -0.39 is 10.0 Å². The fourth-order valence-electron chi connectivity index (χ4n) is 0.962. The van der Waals surface area contributed by atoms with Gasteiger partial charge in [0.15, 0.2) is 5.03 Å². The first kappa shape index (κ1) is 11.2. The quantitative estimate of drug-likeness (QED) is 0.785. The highest BCUT2D eigenvalue weighted by Gasteiger charge is 2.15. The molecule has 0 saturated heterocycles. The van der Waals surface area contributed by atoms with E-state index in [4.69, 9.17) is 0 Å². The number of rotatable bonds is 5. The molecule has 0 aromatic carbocycles. The predicted molar refractivity (Wildman–Crippen MR) is 53.4 cm³/mol. The third-order valence-corrected chi connectivity index (χ3v) is 3.14. The van der Waals surface area contributed by atoms with Gasteiger partial charge in [0.2, 0.25) is 0 Å². The Morgan fingerprint density at radius 3 is 2.71 bits per heavy atom. The second-order valence-electron chi connectivity index (χ2n) is 2.94. The number of nitrogens with zero attached hydrogens (tertiary/aromatic N) is 2. The highest BCUT2D eigenvalue weighted by Crippen LogP contribution is 2.04. The van der Waals surface area contributed by atoms with Crippen LogP contribution in [0.5, 0.6) is 0 Å². The molecule has 1 heterocycles. The molecular formula is C8H15N3O2S. The van der Waals surface area contributed by atoms with Crippen molar-refractivity contribution in [3.05, 3.63) is 12.5 Å². The standard InChI is InChI=1S/C8H15N3O2S/c1-3-5-10-14(12,13)8-6-11(4-2)7-9-8/h6-7,10H,3-5H2,1-2H3. The lowest BCUT2D eigenvalue weighted by molar-refractivity contribution is 0.577. The molecule has 0 atom stereocenters. The van der Waals surface area contributed by atoms with Crippen LogP contribution in [0.25, 0.3) is 0 Å². The molecule has 14 heavy (non-hydrogen) atoms. The van der Waals surface area contributed by atoms with E-state index in [9.17, 15) is 8.42 Å². The van der Waals surface area contributed by atoms with Gasteiger partial charge in [0.25, 0.3) is 10.0 Å². The van der Waals surface area contributed by atoms with Gasteiger partial charge in [-0.2, -0.15) is 0 Å². The largest absolute Gasteiger partial charge is 0.336 e. The van der Waals surface area contributed by atoms with E-state index in [0.717, 1.165) is 13.0 Å². The number of aryl methyl sites for hydroxylation is 1. The molecule has 0 amide bonds. The summed E-state index contributed by atoms with van der Waals surface area (Å²) in [4.78, 5) is 3.82. The van der Waals surface area contributed by atoms with Crippen LogP contribution in [-0.4, -0.2) is 24.5 Å². The average molecular weight is 217 g/mol. The number of aromatic nitrogens is 2. The van der Waals surface area contributed by atoms with Crippen molar-refractivity contribution < 1.29 is 8.42 Å². The minimum atomic E-state index is -3.39. The summed E-state index contributed by atoms with van der Waals surface area (Å²) in [7, 11) is -3.39. The Bertz CT molecular complexity index is 383. The minimum Gasteiger partial charge on any atom is -0.336 e. The first-order valence-corrected chi connectivity index (χ1v) is 6.10.